The quantitative estimate of drug-likeness (QED) is 0.594. The Labute approximate surface area is 195 Å². The highest BCUT2D eigenvalue weighted by molar-refractivity contribution is 6.30. The summed E-state index contributed by atoms with van der Waals surface area (Å²) in [5.74, 6) is 0.168. The minimum atomic E-state index is -0.511. The zero-order valence-corrected chi connectivity index (χ0v) is 18.5. The Morgan fingerprint density at radius 3 is 2.39 bits per heavy atom. The number of rotatable bonds is 6. The summed E-state index contributed by atoms with van der Waals surface area (Å²) in [6.07, 6.45) is 1.58. The highest BCUT2D eigenvalue weighted by Gasteiger charge is 2.24. The molecule has 4 rings (SSSR count). The standard InChI is InChI=1S/C24H22ClFN4O3/c25-17-5-8-19(9-6-17)33-16-23(31)28-18-7-10-22(27-15-18)29-11-13-30(14-12-29)24(32)20-3-1-2-4-21(20)26/h1-10,15H,11-14,16H2,(H,28,31). The lowest BCUT2D eigenvalue weighted by molar-refractivity contribution is -0.118. The van der Waals surface area contributed by atoms with Crippen LogP contribution in [0, 0.1) is 5.82 Å². The first-order valence-corrected chi connectivity index (χ1v) is 10.8. The van der Waals surface area contributed by atoms with E-state index in [1.165, 1.54) is 12.1 Å². The summed E-state index contributed by atoms with van der Waals surface area (Å²) in [4.78, 5) is 32.8. The highest BCUT2D eigenvalue weighted by atomic mass is 35.5. The maximum absolute atomic E-state index is 13.9. The molecule has 1 aliphatic rings. The first-order chi connectivity index (χ1) is 16.0. The highest BCUT2D eigenvalue weighted by Crippen LogP contribution is 2.19. The Morgan fingerprint density at radius 1 is 1.00 bits per heavy atom. The largest absolute Gasteiger partial charge is 0.484 e. The molecule has 7 nitrogen and oxygen atoms in total. The first kappa shape index (κ1) is 22.5. The number of carbonyl (C=O) groups is 2. The van der Waals surface area contributed by atoms with Crippen LogP contribution in [0.25, 0.3) is 0 Å². The number of carbonyl (C=O) groups excluding carboxylic acids is 2. The summed E-state index contributed by atoms with van der Waals surface area (Å²) in [6.45, 7) is 1.95. The molecule has 3 aromatic rings. The summed E-state index contributed by atoms with van der Waals surface area (Å²) in [7, 11) is 0. The van der Waals surface area contributed by atoms with Crippen molar-refractivity contribution < 1.29 is 18.7 Å². The van der Waals surface area contributed by atoms with Gasteiger partial charge < -0.3 is 19.9 Å². The van der Waals surface area contributed by atoms with E-state index in [4.69, 9.17) is 16.3 Å². The summed E-state index contributed by atoms with van der Waals surface area (Å²) >= 11 is 5.83. The Hall–Kier alpha value is -3.65. The van der Waals surface area contributed by atoms with Gasteiger partial charge in [-0.15, -0.1) is 0 Å². The van der Waals surface area contributed by atoms with E-state index in [2.05, 4.69) is 10.3 Å². The van der Waals surface area contributed by atoms with Gasteiger partial charge in [0.2, 0.25) is 0 Å². The second-order valence-corrected chi connectivity index (χ2v) is 7.89. The van der Waals surface area contributed by atoms with Crippen LogP contribution in [-0.4, -0.2) is 54.5 Å². The molecule has 0 saturated carbocycles. The molecule has 0 unspecified atom stereocenters. The number of anilines is 2. The minimum absolute atomic E-state index is 0.0872. The molecule has 1 aliphatic heterocycles. The number of aromatic nitrogens is 1. The van der Waals surface area contributed by atoms with Crippen molar-refractivity contribution in [2.45, 2.75) is 0 Å². The van der Waals surface area contributed by atoms with Crippen molar-refractivity contribution in [1.29, 1.82) is 0 Å². The van der Waals surface area contributed by atoms with Gasteiger partial charge >= 0.3 is 0 Å². The van der Waals surface area contributed by atoms with Gasteiger partial charge in [-0.2, -0.15) is 0 Å². The van der Waals surface area contributed by atoms with Gasteiger partial charge in [-0.3, -0.25) is 9.59 Å². The molecule has 2 aromatic carbocycles. The molecule has 1 saturated heterocycles. The van der Waals surface area contributed by atoms with Crippen LogP contribution in [0.1, 0.15) is 10.4 Å². The van der Waals surface area contributed by atoms with E-state index in [9.17, 15) is 14.0 Å². The van der Waals surface area contributed by atoms with Crippen LogP contribution in [0.5, 0.6) is 5.75 Å². The normalized spacial score (nSPS) is 13.5. The van der Waals surface area contributed by atoms with Crippen LogP contribution >= 0.6 is 11.6 Å². The van der Waals surface area contributed by atoms with Gasteiger partial charge in [0.1, 0.15) is 17.4 Å². The summed E-state index contributed by atoms with van der Waals surface area (Å²) in [6, 6.07) is 16.3. The number of benzene rings is 2. The van der Waals surface area contributed by atoms with Crippen molar-refractivity contribution in [3.63, 3.8) is 0 Å². The summed E-state index contributed by atoms with van der Waals surface area (Å²) in [5, 5.41) is 3.33. The van der Waals surface area contributed by atoms with Crippen LogP contribution < -0.4 is 15.0 Å². The molecule has 0 aliphatic carbocycles. The second-order valence-electron chi connectivity index (χ2n) is 7.45. The second kappa shape index (κ2) is 10.3. The molecule has 33 heavy (non-hydrogen) atoms. The number of hydrogen-bond acceptors (Lipinski definition) is 5. The lowest BCUT2D eigenvalue weighted by Gasteiger charge is -2.35. The van der Waals surface area contributed by atoms with E-state index in [-0.39, 0.29) is 24.0 Å². The first-order valence-electron chi connectivity index (χ1n) is 10.4. The van der Waals surface area contributed by atoms with Crippen molar-refractivity contribution in [3.8, 4) is 5.75 Å². The van der Waals surface area contributed by atoms with Crippen molar-refractivity contribution in [2.75, 3.05) is 43.0 Å². The lowest BCUT2D eigenvalue weighted by atomic mass is 10.1. The fraction of sp³-hybridized carbons (Fsp3) is 0.208. The molecule has 1 fully saturated rings. The van der Waals surface area contributed by atoms with Crippen LogP contribution in [0.2, 0.25) is 5.02 Å². The molecule has 1 N–H and O–H groups in total. The molecule has 170 valence electrons. The Balaban J connectivity index is 1.26. The van der Waals surface area contributed by atoms with Gasteiger partial charge in [-0.05, 0) is 48.5 Å². The number of nitrogens with zero attached hydrogens (tertiary/aromatic N) is 3. The fourth-order valence-electron chi connectivity index (χ4n) is 3.47. The minimum Gasteiger partial charge on any atom is -0.484 e. The van der Waals surface area contributed by atoms with Gasteiger partial charge in [-0.25, -0.2) is 9.37 Å². The lowest BCUT2D eigenvalue weighted by Crippen LogP contribution is -2.49. The number of amides is 2. The van der Waals surface area contributed by atoms with Gasteiger partial charge in [0.25, 0.3) is 11.8 Å². The van der Waals surface area contributed by atoms with E-state index >= 15 is 0 Å². The predicted molar refractivity (Wildman–Crippen MR) is 124 cm³/mol. The maximum Gasteiger partial charge on any atom is 0.262 e. The topological polar surface area (TPSA) is 74.8 Å². The number of pyridine rings is 1. The van der Waals surface area contributed by atoms with Crippen molar-refractivity contribution in [3.05, 3.63) is 83.3 Å². The Morgan fingerprint density at radius 2 is 1.73 bits per heavy atom. The van der Waals surface area contributed by atoms with E-state index in [0.717, 1.165) is 5.82 Å². The van der Waals surface area contributed by atoms with Crippen molar-refractivity contribution >= 4 is 34.9 Å². The van der Waals surface area contributed by atoms with Crippen molar-refractivity contribution in [1.82, 2.24) is 9.88 Å². The van der Waals surface area contributed by atoms with Crippen LogP contribution in [0.4, 0.5) is 15.9 Å². The van der Waals surface area contributed by atoms with Gasteiger partial charge in [0.15, 0.2) is 6.61 Å². The average Bonchev–Trinajstić information content (AvgIpc) is 2.84. The van der Waals surface area contributed by atoms with Gasteiger partial charge in [0, 0.05) is 31.2 Å². The van der Waals surface area contributed by atoms with Gasteiger partial charge in [-0.1, -0.05) is 23.7 Å². The number of halogens is 2. The molecule has 0 radical (unpaired) electrons. The average molecular weight is 469 g/mol. The fourth-order valence-corrected chi connectivity index (χ4v) is 3.59. The zero-order valence-electron chi connectivity index (χ0n) is 17.7. The number of ether oxygens (including phenoxy) is 1. The predicted octanol–water partition coefficient (Wildman–Crippen LogP) is 3.85. The van der Waals surface area contributed by atoms with E-state index in [0.29, 0.717) is 42.6 Å². The van der Waals surface area contributed by atoms with Crippen LogP contribution in [0.3, 0.4) is 0 Å². The number of hydrogen-bond donors (Lipinski definition) is 1. The third kappa shape index (κ3) is 5.78. The number of piperazine rings is 1. The molecular formula is C24H22ClFN4O3. The summed E-state index contributed by atoms with van der Waals surface area (Å²) in [5.41, 5.74) is 0.640. The van der Waals surface area contributed by atoms with Gasteiger partial charge in [0.05, 0.1) is 17.4 Å². The third-order valence-corrected chi connectivity index (χ3v) is 5.46. The molecule has 1 aromatic heterocycles. The smallest absolute Gasteiger partial charge is 0.262 e. The monoisotopic (exact) mass is 468 g/mol. The van der Waals surface area contributed by atoms with Crippen molar-refractivity contribution in [2.24, 2.45) is 0 Å². The van der Waals surface area contributed by atoms with E-state index in [1.54, 1.807) is 53.6 Å². The molecule has 2 heterocycles. The molecule has 2 amide bonds. The molecule has 0 atom stereocenters. The maximum atomic E-state index is 13.9. The zero-order chi connectivity index (χ0) is 23.2. The Bertz CT molecular complexity index is 1120. The van der Waals surface area contributed by atoms with Crippen LogP contribution in [0.15, 0.2) is 66.9 Å². The third-order valence-electron chi connectivity index (χ3n) is 5.21. The SMILES string of the molecule is O=C(COc1ccc(Cl)cc1)Nc1ccc(N2CCN(C(=O)c3ccccc3F)CC2)nc1. The molecule has 0 spiro atoms. The molecular weight excluding hydrogens is 447 g/mol. The molecule has 0 bridgehead atoms. The van der Waals surface area contributed by atoms with E-state index < -0.39 is 5.82 Å². The van der Waals surface area contributed by atoms with E-state index in [1.807, 2.05) is 11.0 Å². The Kier molecular flexibility index (Phi) is 7.04. The van der Waals surface area contributed by atoms with Crippen LogP contribution in [-0.2, 0) is 4.79 Å². The summed E-state index contributed by atoms with van der Waals surface area (Å²) < 4.78 is 19.3. The molecule has 9 heteroatoms. The number of nitrogens with one attached hydrogen (secondary N) is 1.